The molecular weight excluding hydrogens is 141 g/mol. The summed E-state index contributed by atoms with van der Waals surface area (Å²) in [4.78, 5) is 20.5. The largest absolute Gasteiger partial charge is 0.480 e. The Labute approximate surface area is 54.1 Å². The molecule has 1 fully saturated rings. The zero-order valence-corrected chi connectivity index (χ0v) is 5.73. The molecule has 5 heteroatoms. The molecule has 0 aromatic rings. The Morgan fingerprint density at radius 3 is 2.56 bits per heavy atom. The van der Waals surface area contributed by atoms with E-state index in [2.05, 4.69) is 9.39 Å². The van der Waals surface area contributed by atoms with Crippen molar-refractivity contribution in [3.05, 3.63) is 0 Å². The molecule has 50 valence electrons. The minimum Gasteiger partial charge on any atom is -0.480 e. The number of carbonyl (C=O) groups excluding carboxylic acids is 1. The second-order valence-corrected chi connectivity index (χ2v) is 2.42. The Kier molecular flexibility index (Phi) is 1.41. The first-order valence-electron chi connectivity index (χ1n) is 2.42. The highest BCUT2D eigenvalue weighted by molar-refractivity contribution is 7.15. The van der Waals surface area contributed by atoms with Crippen LogP contribution in [0, 0.1) is 0 Å². The van der Waals surface area contributed by atoms with E-state index in [1.165, 1.54) is 0 Å². The standard InChI is InChI=1S/C4H6NO3P/c6-3-1-2(4(7)8)5(3)9/h2H,1,9H2,(H,7,8). The van der Waals surface area contributed by atoms with Crippen LogP contribution in [0.25, 0.3) is 0 Å². The molecule has 1 N–H and O–H groups in total. The summed E-state index contributed by atoms with van der Waals surface area (Å²) >= 11 is 0. The summed E-state index contributed by atoms with van der Waals surface area (Å²) in [5, 5.41) is 8.31. The number of rotatable bonds is 1. The van der Waals surface area contributed by atoms with Crippen molar-refractivity contribution < 1.29 is 14.7 Å². The summed E-state index contributed by atoms with van der Waals surface area (Å²) in [5.74, 6) is -1.07. The summed E-state index contributed by atoms with van der Waals surface area (Å²) in [6.45, 7) is 0. The van der Waals surface area contributed by atoms with Gasteiger partial charge < -0.3 is 9.78 Å². The first-order chi connectivity index (χ1) is 4.13. The molecule has 0 bridgehead atoms. The third-order valence-corrected chi connectivity index (χ3v) is 1.92. The first kappa shape index (κ1) is 6.49. The molecule has 9 heavy (non-hydrogen) atoms. The van der Waals surface area contributed by atoms with Gasteiger partial charge in [-0.25, -0.2) is 4.79 Å². The molecule has 1 aliphatic rings. The highest BCUT2D eigenvalue weighted by atomic mass is 31.0. The lowest BCUT2D eigenvalue weighted by molar-refractivity contribution is -0.154. The van der Waals surface area contributed by atoms with Gasteiger partial charge in [-0.2, -0.15) is 0 Å². The Hall–Kier alpha value is -0.630. The van der Waals surface area contributed by atoms with Gasteiger partial charge in [0.15, 0.2) is 0 Å². The topological polar surface area (TPSA) is 57.6 Å². The fourth-order valence-corrected chi connectivity index (χ4v) is 0.975. The summed E-state index contributed by atoms with van der Waals surface area (Å²) in [5.41, 5.74) is 0. The zero-order chi connectivity index (χ0) is 7.02. The maximum absolute atomic E-state index is 10.4. The molecule has 1 saturated heterocycles. The molecule has 0 aromatic heterocycles. The summed E-state index contributed by atoms with van der Waals surface area (Å²) in [6.07, 6.45) is 0.138. The molecule has 1 heterocycles. The molecule has 1 amide bonds. The van der Waals surface area contributed by atoms with Gasteiger partial charge in [-0.3, -0.25) is 4.79 Å². The number of hydrogen-bond donors (Lipinski definition) is 1. The number of hydrogen-bond acceptors (Lipinski definition) is 2. The minimum absolute atomic E-state index is 0.132. The van der Waals surface area contributed by atoms with Gasteiger partial charge in [0.25, 0.3) is 0 Å². The van der Waals surface area contributed by atoms with Crippen LogP contribution in [0.3, 0.4) is 0 Å². The molecule has 2 unspecified atom stereocenters. The second-order valence-electron chi connectivity index (χ2n) is 1.86. The van der Waals surface area contributed by atoms with Crippen LogP contribution in [0.15, 0.2) is 0 Å². The average Bonchev–Trinajstić information content (AvgIpc) is 1.81. The lowest BCUT2D eigenvalue weighted by Crippen LogP contribution is -2.50. The van der Waals surface area contributed by atoms with Crippen LogP contribution < -0.4 is 0 Å². The maximum atomic E-state index is 10.4. The predicted molar refractivity (Wildman–Crippen MR) is 32.6 cm³/mol. The van der Waals surface area contributed by atoms with Crippen LogP contribution in [0.5, 0.6) is 0 Å². The number of nitrogens with zero attached hydrogens (tertiary/aromatic N) is 1. The van der Waals surface area contributed by atoms with Gasteiger partial charge in [0.1, 0.15) is 6.04 Å². The predicted octanol–water partition coefficient (Wildman–Crippen LogP) is -0.538. The van der Waals surface area contributed by atoms with E-state index in [0.29, 0.717) is 0 Å². The van der Waals surface area contributed by atoms with Crippen molar-refractivity contribution in [3.63, 3.8) is 0 Å². The van der Waals surface area contributed by atoms with Gasteiger partial charge in [-0.05, 0) is 9.39 Å². The van der Waals surface area contributed by atoms with Crippen LogP contribution >= 0.6 is 9.39 Å². The van der Waals surface area contributed by atoms with E-state index >= 15 is 0 Å². The van der Waals surface area contributed by atoms with Crippen molar-refractivity contribution >= 4 is 21.3 Å². The smallest absolute Gasteiger partial charge is 0.327 e. The highest BCUT2D eigenvalue weighted by Gasteiger charge is 2.38. The number of amides is 1. The van der Waals surface area contributed by atoms with Crippen molar-refractivity contribution in [3.8, 4) is 0 Å². The van der Waals surface area contributed by atoms with Crippen LogP contribution in [0.1, 0.15) is 6.42 Å². The molecular formula is C4H6NO3P. The molecule has 0 spiro atoms. The van der Waals surface area contributed by atoms with Crippen molar-refractivity contribution in [1.29, 1.82) is 0 Å². The van der Waals surface area contributed by atoms with E-state index in [0.717, 1.165) is 4.67 Å². The van der Waals surface area contributed by atoms with E-state index in [4.69, 9.17) is 5.11 Å². The van der Waals surface area contributed by atoms with Gasteiger partial charge in [0, 0.05) is 0 Å². The van der Waals surface area contributed by atoms with E-state index in [-0.39, 0.29) is 12.3 Å². The summed E-state index contributed by atoms with van der Waals surface area (Å²) < 4.78 is 1.14. The fraction of sp³-hybridized carbons (Fsp3) is 0.500. The molecule has 0 aliphatic carbocycles. The van der Waals surface area contributed by atoms with Gasteiger partial charge in [0.05, 0.1) is 6.42 Å². The Morgan fingerprint density at radius 1 is 1.89 bits per heavy atom. The average molecular weight is 147 g/mol. The number of carboxylic acids is 1. The van der Waals surface area contributed by atoms with Gasteiger partial charge in [-0.1, -0.05) is 0 Å². The quantitative estimate of drug-likeness (QED) is 0.400. The zero-order valence-electron chi connectivity index (χ0n) is 4.57. The monoisotopic (exact) mass is 147 g/mol. The van der Waals surface area contributed by atoms with Crippen LogP contribution in [-0.2, 0) is 9.59 Å². The van der Waals surface area contributed by atoms with E-state index in [1.54, 1.807) is 0 Å². The lowest BCUT2D eigenvalue weighted by Gasteiger charge is -2.33. The van der Waals surface area contributed by atoms with Crippen molar-refractivity contribution in [1.82, 2.24) is 4.67 Å². The number of carbonyl (C=O) groups is 2. The number of carboxylic acid groups (broad SMARTS) is 1. The second kappa shape index (κ2) is 1.95. The van der Waals surface area contributed by atoms with Crippen molar-refractivity contribution in [2.24, 2.45) is 0 Å². The Morgan fingerprint density at radius 2 is 2.44 bits per heavy atom. The number of β-lactam (4-membered cyclic amide) rings is 1. The van der Waals surface area contributed by atoms with E-state index in [1.807, 2.05) is 0 Å². The summed E-state index contributed by atoms with van der Waals surface area (Å²) in [6, 6.07) is -0.609. The molecule has 0 radical (unpaired) electrons. The normalized spacial score (nSPS) is 25.7. The molecule has 0 saturated carbocycles. The highest BCUT2D eigenvalue weighted by Crippen LogP contribution is 2.22. The fourth-order valence-electron chi connectivity index (χ4n) is 0.637. The minimum atomic E-state index is -0.940. The van der Waals surface area contributed by atoms with Gasteiger partial charge in [-0.15, -0.1) is 0 Å². The Balaban J connectivity index is 2.51. The van der Waals surface area contributed by atoms with Crippen LogP contribution in [-0.4, -0.2) is 27.7 Å². The van der Waals surface area contributed by atoms with Crippen LogP contribution in [0.4, 0.5) is 0 Å². The molecule has 1 rings (SSSR count). The molecule has 1 aliphatic heterocycles. The van der Waals surface area contributed by atoms with Gasteiger partial charge in [0.2, 0.25) is 5.91 Å². The van der Waals surface area contributed by atoms with E-state index in [9.17, 15) is 9.59 Å². The molecule has 2 atom stereocenters. The molecule has 0 aromatic carbocycles. The third kappa shape index (κ3) is 0.900. The summed E-state index contributed by atoms with van der Waals surface area (Å²) in [7, 11) is 2.07. The van der Waals surface area contributed by atoms with E-state index < -0.39 is 12.0 Å². The maximum Gasteiger partial charge on any atom is 0.327 e. The Bertz CT molecular complexity index is 169. The SMILES string of the molecule is O=C(O)C1CC(=O)N1P. The third-order valence-electron chi connectivity index (χ3n) is 1.28. The molecule has 4 nitrogen and oxygen atoms in total. The van der Waals surface area contributed by atoms with Crippen molar-refractivity contribution in [2.45, 2.75) is 12.5 Å². The van der Waals surface area contributed by atoms with Crippen LogP contribution in [0.2, 0.25) is 0 Å². The number of aliphatic carboxylic acids is 1. The first-order valence-corrected chi connectivity index (χ1v) is 2.94. The lowest BCUT2D eigenvalue weighted by atomic mass is 10.1. The van der Waals surface area contributed by atoms with Crippen molar-refractivity contribution in [2.75, 3.05) is 0 Å². The van der Waals surface area contributed by atoms with Gasteiger partial charge >= 0.3 is 5.97 Å².